The fraction of sp³-hybridized carbons (Fsp3) is 0.333. The summed E-state index contributed by atoms with van der Waals surface area (Å²) in [5.74, 6) is 1.04. The van der Waals surface area contributed by atoms with Gasteiger partial charge in [0.05, 0.1) is 0 Å². The second-order valence-corrected chi connectivity index (χ2v) is 6.20. The van der Waals surface area contributed by atoms with E-state index in [9.17, 15) is 0 Å². The van der Waals surface area contributed by atoms with E-state index in [0.29, 0.717) is 0 Å². The molecule has 0 bridgehead atoms. The van der Waals surface area contributed by atoms with Crippen molar-refractivity contribution in [1.82, 2.24) is 0 Å². The minimum Gasteiger partial charge on any atom is -0.487 e. The first-order chi connectivity index (χ1) is 9.52. The highest BCUT2D eigenvalue weighted by Crippen LogP contribution is 2.35. The number of anilines is 1. The molecule has 3 rings (SSSR count). The Hall–Kier alpha value is -1.96. The molecule has 1 N–H and O–H groups in total. The highest BCUT2D eigenvalue weighted by molar-refractivity contribution is 5.47. The van der Waals surface area contributed by atoms with E-state index >= 15 is 0 Å². The third-order valence-corrected chi connectivity index (χ3v) is 3.68. The number of rotatable bonds is 3. The predicted molar refractivity (Wildman–Crippen MR) is 83.4 cm³/mol. The fourth-order valence-electron chi connectivity index (χ4n) is 2.65. The summed E-state index contributed by atoms with van der Waals surface area (Å²) in [5.41, 5.74) is 5.00. The quantitative estimate of drug-likeness (QED) is 0.894. The van der Waals surface area contributed by atoms with E-state index in [-0.39, 0.29) is 5.60 Å². The maximum Gasteiger partial charge on any atom is 0.123 e. The summed E-state index contributed by atoms with van der Waals surface area (Å²) >= 11 is 0. The first-order valence-electron chi connectivity index (χ1n) is 7.13. The normalized spacial score (nSPS) is 15.6. The van der Waals surface area contributed by atoms with Gasteiger partial charge in [-0.2, -0.15) is 0 Å². The Morgan fingerprint density at radius 2 is 1.85 bits per heavy atom. The molecule has 0 aliphatic carbocycles. The molecule has 0 spiro atoms. The van der Waals surface area contributed by atoms with Crippen LogP contribution in [0.2, 0.25) is 0 Å². The molecule has 1 aliphatic rings. The van der Waals surface area contributed by atoms with E-state index in [1.54, 1.807) is 0 Å². The summed E-state index contributed by atoms with van der Waals surface area (Å²) in [4.78, 5) is 0. The summed E-state index contributed by atoms with van der Waals surface area (Å²) in [5, 5.41) is 3.46. The number of hydrogen-bond acceptors (Lipinski definition) is 2. The van der Waals surface area contributed by atoms with Gasteiger partial charge in [-0.25, -0.2) is 0 Å². The van der Waals surface area contributed by atoms with Gasteiger partial charge in [-0.3, -0.25) is 0 Å². The van der Waals surface area contributed by atoms with Crippen molar-refractivity contribution in [2.75, 3.05) is 5.32 Å². The maximum atomic E-state index is 5.90. The average Bonchev–Trinajstić information content (AvgIpc) is 2.71. The Morgan fingerprint density at radius 1 is 1.10 bits per heavy atom. The van der Waals surface area contributed by atoms with Crippen LogP contribution in [0, 0.1) is 6.92 Å². The van der Waals surface area contributed by atoms with Crippen LogP contribution in [0.25, 0.3) is 0 Å². The topological polar surface area (TPSA) is 21.3 Å². The van der Waals surface area contributed by atoms with Crippen molar-refractivity contribution in [2.24, 2.45) is 0 Å². The van der Waals surface area contributed by atoms with Gasteiger partial charge in [0.2, 0.25) is 0 Å². The Balaban J connectivity index is 1.69. The van der Waals surface area contributed by atoms with Gasteiger partial charge in [-0.1, -0.05) is 29.8 Å². The van der Waals surface area contributed by atoms with Gasteiger partial charge in [0.25, 0.3) is 0 Å². The molecule has 1 aliphatic heterocycles. The van der Waals surface area contributed by atoms with Gasteiger partial charge in [-0.15, -0.1) is 0 Å². The number of fused-ring (bicyclic) bond motifs is 1. The van der Waals surface area contributed by atoms with Crippen LogP contribution in [-0.4, -0.2) is 5.60 Å². The van der Waals surface area contributed by atoms with Crippen molar-refractivity contribution in [2.45, 2.75) is 39.3 Å². The first-order valence-corrected chi connectivity index (χ1v) is 7.13. The molecule has 0 aromatic heterocycles. The second-order valence-electron chi connectivity index (χ2n) is 6.20. The molecular weight excluding hydrogens is 246 g/mol. The van der Waals surface area contributed by atoms with Crippen molar-refractivity contribution in [1.29, 1.82) is 0 Å². The summed E-state index contributed by atoms with van der Waals surface area (Å²) in [7, 11) is 0. The molecule has 0 saturated carbocycles. The standard InChI is InChI=1S/C18H21NO/c1-13-4-7-16(8-5-13)19-12-14-6-9-17-15(10-14)11-18(2,3)20-17/h4-10,19H,11-12H2,1-3H3. The molecule has 2 aromatic rings. The van der Waals surface area contributed by atoms with Crippen LogP contribution in [0.4, 0.5) is 5.69 Å². The Kier molecular flexibility index (Phi) is 3.17. The molecule has 20 heavy (non-hydrogen) atoms. The minimum atomic E-state index is -0.0641. The molecule has 2 heteroatoms. The zero-order valence-electron chi connectivity index (χ0n) is 12.4. The zero-order chi connectivity index (χ0) is 14.2. The number of benzene rings is 2. The third-order valence-electron chi connectivity index (χ3n) is 3.68. The van der Waals surface area contributed by atoms with Gasteiger partial charge in [0.1, 0.15) is 11.4 Å². The largest absolute Gasteiger partial charge is 0.487 e. The third kappa shape index (κ3) is 2.79. The van der Waals surface area contributed by atoms with Gasteiger partial charge >= 0.3 is 0 Å². The van der Waals surface area contributed by atoms with Gasteiger partial charge in [0.15, 0.2) is 0 Å². The van der Waals surface area contributed by atoms with Crippen LogP contribution in [-0.2, 0) is 13.0 Å². The van der Waals surface area contributed by atoms with Crippen molar-refractivity contribution in [3.63, 3.8) is 0 Å². The van der Waals surface area contributed by atoms with Crippen molar-refractivity contribution in [3.8, 4) is 5.75 Å². The average molecular weight is 267 g/mol. The van der Waals surface area contributed by atoms with E-state index in [1.807, 2.05) is 0 Å². The first kappa shape index (κ1) is 13.0. The zero-order valence-corrected chi connectivity index (χ0v) is 12.4. The highest BCUT2D eigenvalue weighted by Gasteiger charge is 2.29. The minimum absolute atomic E-state index is 0.0641. The number of hydrogen-bond donors (Lipinski definition) is 1. The van der Waals surface area contributed by atoms with Crippen molar-refractivity contribution in [3.05, 3.63) is 59.2 Å². The molecule has 2 nitrogen and oxygen atoms in total. The van der Waals surface area contributed by atoms with E-state index < -0.39 is 0 Å². The lowest BCUT2D eigenvalue weighted by atomic mass is 10.0. The van der Waals surface area contributed by atoms with Gasteiger partial charge in [0, 0.05) is 18.7 Å². The SMILES string of the molecule is Cc1ccc(NCc2ccc3c(c2)CC(C)(C)O3)cc1. The van der Waals surface area contributed by atoms with E-state index in [1.165, 1.54) is 16.7 Å². The van der Waals surface area contributed by atoms with E-state index in [0.717, 1.165) is 24.4 Å². The summed E-state index contributed by atoms with van der Waals surface area (Å²) in [6.07, 6.45) is 0.987. The molecule has 0 atom stereocenters. The van der Waals surface area contributed by atoms with E-state index in [4.69, 9.17) is 4.74 Å². The van der Waals surface area contributed by atoms with Crippen LogP contribution in [0.15, 0.2) is 42.5 Å². The molecule has 104 valence electrons. The molecule has 0 fully saturated rings. The van der Waals surface area contributed by atoms with Gasteiger partial charge < -0.3 is 10.1 Å². The van der Waals surface area contributed by atoms with Crippen LogP contribution in [0.5, 0.6) is 5.75 Å². The molecular formula is C18H21NO. The summed E-state index contributed by atoms with van der Waals surface area (Å²) in [6, 6.07) is 15.0. The number of aryl methyl sites for hydroxylation is 1. The number of nitrogens with one attached hydrogen (secondary N) is 1. The summed E-state index contributed by atoms with van der Waals surface area (Å²) in [6.45, 7) is 7.22. The maximum absolute atomic E-state index is 5.90. The Bertz CT molecular complexity index is 614. The lowest BCUT2D eigenvalue weighted by molar-refractivity contribution is 0.138. The molecule has 2 aromatic carbocycles. The van der Waals surface area contributed by atoms with Crippen molar-refractivity contribution < 1.29 is 4.74 Å². The lowest BCUT2D eigenvalue weighted by Crippen LogP contribution is -2.24. The second kappa shape index (κ2) is 4.86. The highest BCUT2D eigenvalue weighted by atomic mass is 16.5. The predicted octanol–water partition coefficient (Wildman–Crippen LogP) is 4.32. The Morgan fingerprint density at radius 3 is 2.60 bits per heavy atom. The molecule has 0 saturated heterocycles. The monoisotopic (exact) mass is 267 g/mol. The fourth-order valence-corrected chi connectivity index (χ4v) is 2.65. The van der Waals surface area contributed by atoms with Gasteiger partial charge in [-0.05, 0) is 50.1 Å². The van der Waals surface area contributed by atoms with Crippen LogP contribution in [0.3, 0.4) is 0 Å². The molecule has 0 radical (unpaired) electrons. The van der Waals surface area contributed by atoms with Crippen LogP contribution in [0.1, 0.15) is 30.5 Å². The molecule has 0 amide bonds. The van der Waals surface area contributed by atoms with Crippen LogP contribution < -0.4 is 10.1 Å². The number of ether oxygens (including phenoxy) is 1. The smallest absolute Gasteiger partial charge is 0.123 e. The van der Waals surface area contributed by atoms with Crippen molar-refractivity contribution >= 4 is 5.69 Å². The molecule has 0 unspecified atom stereocenters. The van der Waals surface area contributed by atoms with E-state index in [2.05, 4.69) is 68.6 Å². The summed E-state index contributed by atoms with van der Waals surface area (Å²) < 4.78 is 5.90. The Labute approximate surface area is 120 Å². The van der Waals surface area contributed by atoms with Crippen LogP contribution >= 0.6 is 0 Å². The lowest BCUT2D eigenvalue weighted by Gasteiger charge is -2.16. The molecule has 1 heterocycles.